The van der Waals surface area contributed by atoms with Gasteiger partial charge < -0.3 is 16.0 Å². The smallest absolute Gasteiger partial charge is 0.237 e. The van der Waals surface area contributed by atoms with Gasteiger partial charge in [-0.15, -0.1) is 0 Å². The molecule has 19 heavy (non-hydrogen) atoms. The van der Waals surface area contributed by atoms with Crippen LogP contribution in [0.3, 0.4) is 0 Å². The van der Waals surface area contributed by atoms with Crippen molar-refractivity contribution in [1.29, 1.82) is 0 Å². The highest BCUT2D eigenvalue weighted by Gasteiger charge is 2.24. The molecule has 0 saturated carbocycles. The molecule has 104 valence electrons. The van der Waals surface area contributed by atoms with E-state index in [0.717, 1.165) is 31.9 Å². The topological polar surface area (TPSA) is 84.1 Å². The van der Waals surface area contributed by atoms with E-state index in [1.807, 2.05) is 6.92 Å². The monoisotopic (exact) mass is 263 g/mol. The van der Waals surface area contributed by atoms with Crippen molar-refractivity contribution >= 4 is 11.9 Å². The zero-order valence-electron chi connectivity index (χ0n) is 11.2. The van der Waals surface area contributed by atoms with Crippen LogP contribution in [0.4, 0.5) is 5.95 Å². The Morgan fingerprint density at radius 1 is 1.58 bits per heavy atom. The van der Waals surface area contributed by atoms with Crippen molar-refractivity contribution in [3.63, 3.8) is 0 Å². The number of nitrogens with two attached hydrogens (primary N) is 1. The van der Waals surface area contributed by atoms with Crippen LogP contribution < -0.4 is 16.0 Å². The molecule has 6 nitrogen and oxygen atoms in total. The maximum Gasteiger partial charge on any atom is 0.237 e. The molecule has 2 heterocycles. The molecule has 1 aromatic rings. The highest BCUT2D eigenvalue weighted by atomic mass is 16.2. The van der Waals surface area contributed by atoms with Gasteiger partial charge in [0.15, 0.2) is 0 Å². The van der Waals surface area contributed by atoms with Crippen LogP contribution in [0.25, 0.3) is 0 Å². The number of carbonyl (C=O) groups excluding carboxylic acids is 1. The van der Waals surface area contributed by atoms with Crippen LogP contribution in [-0.2, 0) is 4.79 Å². The summed E-state index contributed by atoms with van der Waals surface area (Å²) in [5.41, 5.74) is 5.73. The van der Waals surface area contributed by atoms with Gasteiger partial charge in [-0.3, -0.25) is 4.79 Å². The first-order valence-corrected chi connectivity index (χ1v) is 6.78. The minimum absolute atomic E-state index is 0.0664. The summed E-state index contributed by atoms with van der Waals surface area (Å²) in [4.78, 5) is 22.4. The fourth-order valence-electron chi connectivity index (χ4n) is 2.22. The van der Waals surface area contributed by atoms with E-state index in [1.165, 1.54) is 0 Å². The quantitative estimate of drug-likeness (QED) is 0.816. The number of anilines is 1. The van der Waals surface area contributed by atoms with Gasteiger partial charge in [0, 0.05) is 31.5 Å². The fraction of sp³-hybridized carbons (Fsp3) is 0.615. The summed E-state index contributed by atoms with van der Waals surface area (Å²) < 4.78 is 0. The van der Waals surface area contributed by atoms with Gasteiger partial charge in [0.05, 0.1) is 6.04 Å². The van der Waals surface area contributed by atoms with Crippen molar-refractivity contribution in [2.75, 3.05) is 18.0 Å². The third-order valence-electron chi connectivity index (χ3n) is 3.38. The number of hydrogen-bond acceptors (Lipinski definition) is 5. The van der Waals surface area contributed by atoms with Crippen LogP contribution in [0.1, 0.15) is 26.2 Å². The number of piperidine rings is 1. The molecule has 0 aromatic carbocycles. The molecule has 6 heteroatoms. The molecule has 2 rings (SSSR count). The van der Waals surface area contributed by atoms with E-state index in [1.54, 1.807) is 18.5 Å². The molecule has 0 radical (unpaired) electrons. The van der Waals surface area contributed by atoms with Gasteiger partial charge in [0.25, 0.3) is 0 Å². The van der Waals surface area contributed by atoms with Gasteiger partial charge in [-0.2, -0.15) is 0 Å². The first-order valence-electron chi connectivity index (χ1n) is 6.78. The van der Waals surface area contributed by atoms with Crippen LogP contribution in [0.15, 0.2) is 18.5 Å². The Bertz CT molecular complexity index is 411. The SMILES string of the molecule is CC[C@H](N)C(=O)NC1CCCN(c2ncccn2)C1. The minimum Gasteiger partial charge on any atom is -0.350 e. The molecule has 3 N–H and O–H groups in total. The number of amides is 1. The maximum atomic E-state index is 11.8. The summed E-state index contributed by atoms with van der Waals surface area (Å²) in [7, 11) is 0. The van der Waals surface area contributed by atoms with Crippen LogP contribution in [0.5, 0.6) is 0 Å². The molecule has 0 spiro atoms. The van der Waals surface area contributed by atoms with E-state index >= 15 is 0 Å². The average Bonchev–Trinajstić information content (AvgIpc) is 2.47. The third-order valence-corrected chi connectivity index (χ3v) is 3.38. The Morgan fingerprint density at radius 3 is 3.00 bits per heavy atom. The predicted octanol–water partition coefficient (Wildman–Crippen LogP) is 0.299. The van der Waals surface area contributed by atoms with Crippen molar-refractivity contribution in [2.45, 2.75) is 38.3 Å². The Hall–Kier alpha value is -1.69. The molecule has 1 fully saturated rings. The fourth-order valence-corrected chi connectivity index (χ4v) is 2.22. The number of nitrogens with one attached hydrogen (secondary N) is 1. The summed E-state index contributed by atoms with van der Waals surface area (Å²) in [6, 6.07) is 1.51. The molecule has 1 aliphatic heterocycles. The Balaban J connectivity index is 1.92. The van der Waals surface area contributed by atoms with E-state index in [0.29, 0.717) is 6.42 Å². The van der Waals surface area contributed by atoms with Gasteiger partial charge in [0.2, 0.25) is 11.9 Å². The van der Waals surface area contributed by atoms with E-state index in [2.05, 4.69) is 20.2 Å². The summed E-state index contributed by atoms with van der Waals surface area (Å²) in [6.45, 7) is 3.58. The summed E-state index contributed by atoms with van der Waals surface area (Å²) in [5, 5.41) is 3.01. The lowest BCUT2D eigenvalue weighted by Crippen LogP contribution is -2.52. The molecular formula is C13H21N5O. The van der Waals surface area contributed by atoms with E-state index in [4.69, 9.17) is 5.73 Å². The minimum atomic E-state index is -0.414. The van der Waals surface area contributed by atoms with Crippen molar-refractivity contribution in [3.05, 3.63) is 18.5 Å². The van der Waals surface area contributed by atoms with E-state index in [9.17, 15) is 4.79 Å². The van der Waals surface area contributed by atoms with Crippen molar-refractivity contribution < 1.29 is 4.79 Å². The molecule has 0 bridgehead atoms. The number of rotatable bonds is 4. The summed E-state index contributed by atoms with van der Waals surface area (Å²) >= 11 is 0. The molecule has 1 saturated heterocycles. The lowest BCUT2D eigenvalue weighted by Gasteiger charge is -2.33. The summed E-state index contributed by atoms with van der Waals surface area (Å²) in [5.74, 6) is 0.657. The molecule has 0 aliphatic carbocycles. The molecule has 1 aliphatic rings. The van der Waals surface area contributed by atoms with Crippen molar-refractivity contribution in [1.82, 2.24) is 15.3 Å². The second-order valence-electron chi connectivity index (χ2n) is 4.86. The predicted molar refractivity (Wildman–Crippen MR) is 73.7 cm³/mol. The van der Waals surface area contributed by atoms with Gasteiger partial charge in [-0.25, -0.2) is 9.97 Å². The van der Waals surface area contributed by atoms with Gasteiger partial charge in [-0.05, 0) is 25.3 Å². The molecule has 1 unspecified atom stereocenters. The third kappa shape index (κ3) is 3.64. The van der Waals surface area contributed by atoms with Crippen LogP contribution in [-0.4, -0.2) is 41.0 Å². The first-order chi connectivity index (χ1) is 9.20. The average molecular weight is 263 g/mol. The molecule has 1 aromatic heterocycles. The van der Waals surface area contributed by atoms with Crippen LogP contribution in [0, 0.1) is 0 Å². The van der Waals surface area contributed by atoms with Gasteiger partial charge in [0.1, 0.15) is 0 Å². The highest BCUT2D eigenvalue weighted by molar-refractivity contribution is 5.81. The van der Waals surface area contributed by atoms with E-state index in [-0.39, 0.29) is 11.9 Å². The standard InChI is InChI=1S/C13H21N5O/c1-2-11(14)12(19)17-10-5-3-8-18(9-10)13-15-6-4-7-16-13/h4,6-7,10-11H,2-3,5,8-9,14H2,1H3,(H,17,19)/t10?,11-/m0/s1. The maximum absolute atomic E-state index is 11.8. The lowest BCUT2D eigenvalue weighted by atomic mass is 10.1. The Morgan fingerprint density at radius 2 is 2.32 bits per heavy atom. The van der Waals surface area contributed by atoms with Crippen molar-refractivity contribution in [3.8, 4) is 0 Å². The van der Waals surface area contributed by atoms with Gasteiger partial charge in [-0.1, -0.05) is 6.92 Å². The van der Waals surface area contributed by atoms with Crippen LogP contribution >= 0.6 is 0 Å². The van der Waals surface area contributed by atoms with Gasteiger partial charge >= 0.3 is 0 Å². The Kier molecular flexibility index (Phi) is 4.68. The second kappa shape index (κ2) is 6.47. The Labute approximate surface area is 113 Å². The number of hydrogen-bond donors (Lipinski definition) is 2. The van der Waals surface area contributed by atoms with Crippen LogP contribution in [0.2, 0.25) is 0 Å². The largest absolute Gasteiger partial charge is 0.350 e. The van der Waals surface area contributed by atoms with Crippen molar-refractivity contribution in [2.24, 2.45) is 5.73 Å². The normalized spacial score (nSPS) is 20.9. The zero-order valence-corrected chi connectivity index (χ0v) is 11.2. The second-order valence-corrected chi connectivity index (χ2v) is 4.86. The molecule has 2 atom stereocenters. The zero-order chi connectivity index (χ0) is 13.7. The first kappa shape index (κ1) is 13.7. The number of carbonyl (C=O) groups is 1. The van der Waals surface area contributed by atoms with E-state index < -0.39 is 6.04 Å². The molecular weight excluding hydrogens is 242 g/mol. The molecule has 1 amide bonds. The number of nitrogens with zero attached hydrogens (tertiary/aromatic N) is 3. The lowest BCUT2D eigenvalue weighted by molar-refractivity contribution is -0.123. The highest BCUT2D eigenvalue weighted by Crippen LogP contribution is 2.15. The number of aromatic nitrogens is 2. The summed E-state index contributed by atoms with van der Waals surface area (Å²) in [6.07, 6.45) is 6.12.